The Labute approximate surface area is 133 Å². The summed E-state index contributed by atoms with van der Waals surface area (Å²) in [5, 5.41) is 11.4. The summed E-state index contributed by atoms with van der Waals surface area (Å²) in [5.74, 6) is -1.02. The number of anilines is 1. The third-order valence-corrected chi connectivity index (χ3v) is 4.70. The fraction of sp³-hybridized carbons (Fsp3) is 0.143. The highest BCUT2D eigenvalue weighted by molar-refractivity contribution is 9.11. The third-order valence-electron chi connectivity index (χ3n) is 2.57. The molecule has 5 nitrogen and oxygen atoms in total. The van der Waals surface area contributed by atoms with E-state index in [4.69, 9.17) is 9.84 Å². The Kier molecular flexibility index (Phi) is 4.98. The van der Waals surface area contributed by atoms with E-state index in [0.29, 0.717) is 16.3 Å². The van der Waals surface area contributed by atoms with E-state index in [0.717, 1.165) is 9.35 Å². The lowest BCUT2D eigenvalue weighted by molar-refractivity contribution is -0.139. The van der Waals surface area contributed by atoms with Gasteiger partial charge in [-0.3, -0.25) is 4.79 Å². The van der Waals surface area contributed by atoms with Gasteiger partial charge < -0.3 is 15.2 Å². The molecule has 2 N–H and O–H groups in total. The minimum Gasteiger partial charge on any atom is -0.480 e. The fourth-order valence-electron chi connectivity index (χ4n) is 1.59. The lowest BCUT2D eigenvalue weighted by Gasteiger charge is -2.10. The second-order valence-electron chi connectivity index (χ2n) is 4.20. The fourth-order valence-corrected chi connectivity index (χ4v) is 3.02. The molecule has 0 aliphatic rings. The number of carboxylic acids is 1. The van der Waals surface area contributed by atoms with Gasteiger partial charge >= 0.3 is 5.97 Å². The standard InChI is InChI=1S/C14H12BrNO4S/c1-8-6-11(21-13(8)15)14(19)16-9-4-2-3-5-10(9)20-7-12(17)18/h2-6H,7H2,1H3,(H,16,19)(H,17,18). The van der Waals surface area contributed by atoms with Crippen LogP contribution in [-0.2, 0) is 4.79 Å². The van der Waals surface area contributed by atoms with Gasteiger partial charge in [-0.15, -0.1) is 11.3 Å². The van der Waals surface area contributed by atoms with Gasteiger partial charge in [-0.2, -0.15) is 0 Å². The summed E-state index contributed by atoms with van der Waals surface area (Å²) in [6, 6.07) is 8.49. The minimum absolute atomic E-state index is 0.264. The van der Waals surface area contributed by atoms with E-state index >= 15 is 0 Å². The molecule has 0 aliphatic heterocycles. The van der Waals surface area contributed by atoms with E-state index in [1.54, 1.807) is 30.3 Å². The second-order valence-corrected chi connectivity index (χ2v) is 6.57. The number of carboxylic acid groups (broad SMARTS) is 1. The van der Waals surface area contributed by atoms with Gasteiger partial charge in [-0.25, -0.2) is 4.79 Å². The Hall–Kier alpha value is -1.86. The van der Waals surface area contributed by atoms with Crippen LogP contribution in [0.15, 0.2) is 34.1 Å². The van der Waals surface area contributed by atoms with Crippen LogP contribution in [0.5, 0.6) is 5.75 Å². The SMILES string of the molecule is Cc1cc(C(=O)Nc2ccccc2OCC(=O)O)sc1Br. The average Bonchev–Trinajstić information content (AvgIpc) is 2.78. The first-order valence-electron chi connectivity index (χ1n) is 5.98. The van der Waals surface area contributed by atoms with Crippen molar-refractivity contribution in [2.45, 2.75) is 6.92 Å². The minimum atomic E-state index is -1.08. The normalized spacial score (nSPS) is 10.2. The van der Waals surface area contributed by atoms with Gasteiger partial charge in [-0.1, -0.05) is 12.1 Å². The number of aryl methyl sites for hydroxylation is 1. The van der Waals surface area contributed by atoms with Crippen molar-refractivity contribution in [3.8, 4) is 5.75 Å². The zero-order valence-corrected chi connectivity index (χ0v) is 13.5. The summed E-state index contributed by atoms with van der Waals surface area (Å²) in [5.41, 5.74) is 1.42. The van der Waals surface area contributed by atoms with Crippen molar-refractivity contribution in [2.75, 3.05) is 11.9 Å². The van der Waals surface area contributed by atoms with Crippen LogP contribution in [0.3, 0.4) is 0 Å². The summed E-state index contributed by atoms with van der Waals surface area (Å²) >= 11 is 4.71. The molecule has 21 heavy (non-hydrogen) atoms. The Morgan fingerprint density at radius 1 is 1.38 bits per heavy atom. The first-order chi connectivity index (χ1) is 9.97. The molecule has 1 aromatic heterocycles. The van der Waals surface area contributed by atoms with Gasteiger partial charge in [0, 0.05) is 0 Å². The first kappa shape index (κ1) is 15.5. The summed E-state index contributed by atoms with van der Waals surface area (Å²) in [6.07, 6.45) is 0. The van der Waals surface area contributed by atoms with Crippen LogP contribution in [0, 0.1) is 6.92 Å². The zero-order valence-electron chi connectivity index (χ0n) is 11.1. The van der Waals surface area contributed by atoms with E-state index in [1.165, 1.54) is 11.3 Å². The van der Waals surface area contributed by atoms with Crippen molar-refractivity contribution in [3.05, 3.63) is 44.6 Å². The smallest absolute Gasteiger partial charge is 0.341 e. The highest BCUT2D eigenvalue weighted by atomic mass is 79.9. The quantitative estimate of drug-likeness (QED) is 0.844. The monoisotopic (exact) mass is 369 g/mol. The van der Waals surface area contributed by atoms with E-state index in [9.17, 15) is 9.59 Å². The number of benzene rings is 1. The molecule has 110 valence electrons. The molecule has 1 amide bonds. The molecule has 0 spiro atoms. The number of thiophene rings is 1. The van der Waals surface area contributed by atoms with Gasteiger partial charge in [0.1, 0.15) is 5.75 Å². The summed E-state index contributed by atoms with van der Waals surface area (Å²) in [4.78, 5) is 23.3. The predicted molar refractivity (Wildman–Crippen MR) is 84.3 cm³/mol. The van der Waals surface area contributed by atoms with Crippen LogP contribution >= 0.6 is 27.3 Å². The molecule has 2 aromatic rings. The molecular formula is C14H12BrNO4S. The summed E-state index contributed by atoms with van der Waals surface area (Å²) in [7, 11) is 0. The Morgan fingerprint density at radius 3 is 2.71 bits per heavy atom. The van der Waals surface area contributed by atoms with Crippen molar-refractivity contribution in [1.29, 1.82) is 0 Å². The predicted octanol–water partition coefficient (Wildman–Crippen LogP) is 3.53. The molecular weight excluding hydrogens is 358 g/mol. The number of hydrogen-bond acceptors (Lipinski definition) is 4. The number of nitrogens with one attached hydrogen (secondary N) is 1. The van der Waals surface area contributed by atoms with Crippen LogP contribution < -0.4 is 10.1 Å². The largest absolute Gasteiger partial charge is 0.480 e. The Balaban J connectivity index is 2.15. The number of aliphatic carboxylic acids is 1. The molecule has 1 aromatic carbocycles. The lowest BCUT2D eigenvalue weighted by atomic mass is 10.2. The van der Waals surface area contributed by atoms with Crippen molar-refractivity contribution < 1.29 is 19.4 Å². The molecule has 7 heteroatoms. The molecule has 0 radical (unpaired) electrons. The molecule has 0 fully saturated rings. The van der Waals surface area contributed by atoms with Gasteiger partial charge in [-0.05, 0) is 46.6 Å². The van der Waals surface area contributed by atoms with E-state index in [-0.39, 0.29) is 5.91 Å². The van der Waals surface area contributed by atoms with Gasteiger partial charge in [0.2, 0.25) is 0 Å². The number of rotatable bonds is 5. The van der Waals surface area contributed by atoms with Gasteiger partial charge in [0.05, 0.1) is 14.4 Å². The summed E-state index contributed by atoms with van der Waals surface area (Å²) in [6.45, 7) is 1.44. The maximum atomic E-state index is 12.2. The summed E-state index contributed by atoms with van der Waals surface area (Å²) < 4.78 is 6.05. The van der Waals surface area contributed by atoms with E-state index in [2.05, 4.69) is 21.2 Å². The Bertz CT molecular complexity index is 664. The third kappa shape index (κ3) is 4.05. The first-order valence-corrected chi connectivity index (χ1v) is 7.59. The lowest BCUT2D eigenvalue weighted by Crippen LogP contribution is -2.14. The van der Waals surface area contributed by atoms with Crippen LogP contribution in [-0.4, -0.2) is 23.6 Å². The number of hydrogen-bond donors (Lipinski definition) is 2. The van der Waals surface area contributed by atoms with Crippen molar-refractivity contribution in [1.82, 2.24) is 0 Å². The van der Waals surface area contributed by atoms with Crippen LogP contribution in [0.1, 0.15) is 15.2 Å². The Morgan fingerprint density at radius 2 is 2.10 bits per heavy atom. The molecule has 0 unspecified atom stereocenters. The number of carbonyl (C=O) groups excluding carboxylic acids is 1. The van der Waals surface area contributed by atoms with Gasteiger partial charge in [0.25, 0.3) is 5.91 Å². The number of amides is 1. The van der Waals surface area contributed by atoms with Crippen LogP contribution in [0.4, 0.5) is 5.69 Å². The molecule has 2 rings (SSSR count). The van der Waals surface area contributed by atoms with Crippen molar-refractivity contribution >= 4 is 44.8 Å². The van der Waals surface area contributed by atoms with Gasteiger partial charge in [0.15, 0.2) is 6.61 Å². The van der Waals surface area contributed by atoms with E-state index in [1.807, 2.05) is 6.92 Å². The maximum absolute atomic E-state index is 12.2. The van der Waals surface area contributed by atoms with E-state index < -0.39 is 12.6 Å². The zero-order chi connectivity index (χ0) is 15.4. The molecule has 0 saturated carbocycles. The number of para-hydroxylation sites is 2. The number of ether oxygens (including phenoxy) is 1. The molecule has 0 saturated heterocycles. The highest BCUT2D eigenvalue weighted by Gasteiger charge is 2.14. The maximum Gasteiger partial charge on any atom is 0.341 e. The van der Waals surface area contributed by atoms with Crippen LogP contribution in [0.25, 0.3) is 0 Å². The second kappa shape index (κ2) is 6.73. The van der Waals surface area contributed by atoms with Crippen LogP contribution in [0.2, 0.25) is 0 Å². The molecule has 0 aliphatic carbocycles. The molecule has 1 heterocycles. The molecule has 0 atom stereocenters. The number of halogens is 1. The average molecular weight is 370 g/mol. The number of carbonyl (C=O) groups is 2. The van der Waals surface area contributed by atoms with Crippen molar-refractivity contribution in [2.24, 2.45) is 0 Å². The van der Waals surface area contributed by atoms with Crippen molar-refractivity contribution in [3.63, 3.8) is 0 Å². The molecule has 0 bridgehead atoms. The topological polar surface area (TPSA) is 75.6 Å². The highest BCUT2D eigenvalue weighted by Crippen LogP contribution is 2.29.